The van der Waals surface area contributed by atoms with E-state index in [2.05, 4.69) is 9.97 Å². The van der Waals surface area contributed by atoms with Crippen molar-refractivity contribution in [3.05, 3.63) is 113 Å². The third-order valence-corrected chi connectivity index (χ3v) is 4.94. The van der Waals surface area contributed by atoms with Crippen LogP contribution in [0.3, 0.4) is 0 Å². The van der Waals surface area contributed by atoms with Crippen molar-refractivity contribution in [2.24, 2.45) is 0 Å². The Hall–Kier alpha value is -4.06. The molecule has 1 amide bonds. The number of pyridine rings is 1. The predicted octanol–water partition coefficient (Wildman–Crippen LogP) is 3.85. The highest BCUT2D eigenvalue weighted by Gasteiger charge is 2.18. The highest BCUT2D eigenvalue weighted by atomic mass is 16.2. The number of rotatable bonds is 6. The van der Waals surface area contributed by atoms with Crippen molar-refractivity contribution >= 4 is 11.7 Å². The van der Waals surface area contributed by atoms with E-state index < -0.39 is 0 Å². The van der Waals surface area contributed by atoms with Gasteiger partial charge in [0.1, 0.15) is 12.4 Å². The van der Waals surface area contributed by atoms with Crippen LogP contribution in [0.2, 0.25) is 0 Å². The van der Waals surface area contributed by atoms with Gasteiger partial charge in [0.2, 0.25) is 5.91 Å². The normalized spacial score (nSPS) is 10.6. The first-order valence-corrected chi connectivity index (χ1v) is 9.99. The number of hydrogen-bond donors (Lipinski definition) is 0. The molecule has 154 valence electrons. The van der Waals surface area contributed by atoms with Crippen LogP contribution in [0.5, 0.6) is 0 Å². The summed E-state index contributed by atoms with van der Waals surface area (Å²) in [6, 6.07) is 24.3. The van der Waals surface area contributed by atoms with Gasteiger partial charge in [-0.1, -0.05) is 66.2 Å². The molecule has 0 bridgehead atoms. The summed E-state index contributed by atoms with van der Waals surface area (Å²) in [5.74, 6) is 0.295. The fraction of sp³-hybridized carbons (Fsp3) is 0.120. The first kappa shape index (κ1) is 20.2. The highest BCUT2D eigenvalue weighted by molar-refractivity contribution is 5.92. The smallest absolute Gasteiger partial charge is 0.254 e. The summed E-state index contributed by atoms with van der Waals surface area (Å²) >= 11 is 0. The van der Waals surface area contributed by atoms with Gasteiger partial charge in [0, 0.05) is 17.8 Å². The molecule has 31 heavy (non-hydrogen) atoms. The molecule has 2 heterocycles. The second-order valence-electron chi connectivity index (χ2n) is 7.26. The lowest BCUT2D eigenvalue weighted by molar-refractivity contribution is -0.119. The van der Waals surface area contributed by atoms with E-state index >= 15 is 0 Å². The van der Waals surface area contributed by atoms with Gasteiger partial charge >= 0.3 is 0 Å². The molecule has 0 radical (unpaired) electrons. The summed E-state index contributed by atoms with van der Waals surface area (Å²) in [7, 11) is 0. The molecule has 0 saturated heterocycles. The van der Waals surface area contributed by atoms with Crippen LogP contribution in [0, 0.1) is 6.92 Å². The first-order chi connectivity index (χ1) is 15.1. The number of carbonyl (C=O) groups excluding carboxylic acids is 1. The molecular weight excluding hydrogens is 388 g/mol. The summed E-state index contributed by atoms with van der Waals surface area (Å²) in [5.41, 5.74) is 3.27. The lowest BCUT2D eigenvalue weighted by atomic mass is 10.1. The quantitative estimate of drug-likeness (QED) is 0.484. The summed E-state index contributed by atoms with van der Waals surface area (Å²) in [6.45, 7) is 2.24. The average molecular weight is 410 g/mol. The van der Waals surface area contributed by atoms with Gasteiger partial charge in [0.05, 0.1) is 18.6 Å². The number of aryl methyl sites for hydroxylation is 1. The standard InChI is InChI=1S/C25H22N4O2/c1-19-10-12-21(13-11-19)22-15-24(30)28(18-27-22)17-25(31)29(23-9-5-6-14-26-23)16-20-7-3-2-4-8-20/h2-15,18H,16-17H2,1H3. The van der Waals surface area contributed by atoms with E-state index in [1.165, 1.54) is 17.0 Å². The van der Waals surface area contributed by atoms with Gasteiger partial charge in [-0.3, -0.25) is 19.1 Å². The van der Waals surface area contributed by atoms with Gasteiger partial charge in [-0.25, -0.2) is 9.97 Å². The van der Waals surface area contributed by atoms with E-state index in [1.54, 1.807) is 23.2 Å². The summed E-state index contributed by atoms with van der Waals surface area (Å²) in [4.78, 5) is 36.1. The molecule has 6 heteroatoms. The maximum Gasteiger partial charge on any atom is 0.254 e. The third kappa shape index (κ3) is 4.93. The van der Waals surface area contributed by atoms with Crippen molar-refractivity contribution in [1.29, 1.82) is 0 Å². The topological polar surface area (TPSA) is 68.1 Å². The highest BCUT2D eigenvalue weighted by Crippen LogP contribution is 2.17. The van der Waals surface area contributed by atoms with Crippen LogP contribution in [-0.4, -0.2) is 20.4 Å². The second-order valence-corrected chi connectivity index (χ2v) is 7.26. The van der Waals surface area contributed by atoms with Crippen LogP contribution in [0.4, 0.5) is 5.82 Å². The van der Waals surface area contributed by atoms with Crippen molar-refractivity contribution < 1.29 is 4.79 Å². The van der Waals surface area contributed by atoms with Crippen LogP contribution in [0.1, 0.15) is 11.1 Å². The van der Waals surface area contributed by atoms with Crippen LogP contribution in [0.25, 0.3) is 11.3 Å². The number of amides is 1. The number of benzene rings is 2. The fourth-order valence-electron chi connectivity index (χ4n) is 3.23. The average Bonchev–Trinajstić information content (AvgIpc) is 2.80. The van der Waals surface area contributed by atoms with Crippen molar-refractivity contribution in [2.45, 2.75) is 20.0 Å². The van der Waals surface area contributed by atoms with Crippen LogP contribution in [-0.2, 0) is 17.9 Å². The van der Waals surface area contributed by atoms with Crippen molar-refractivity contribution in [3.8, 4) is 11.3 Å². The van der Waals surface area contributed by atoms with Crippen molar-refractivity contribution in [3.63, 3.8) is 0 Å². The number of nitrogens with zero attached hydrogens (tertiary/aromatic N) is 4. The molecule has 6 nitrogen and oxygen atoms in total. The van der Waals surface area contributed by atoms with Gasteiger partial charge in [0.25, 0.3) is 5.56 Å². The van der Waals surface area contributed by atoms with E-state index in [0.717, 1.165) is 16.7 Å². The number of carbonyl (C=O) groups is 1. The minimum absolute atomic E-state index is 0.122. The van der Waals surface area contributed by atoms with Gasteiger partial charge in [-0.15, -0.1) is 0 Å². The Kier molecular flexibility index (Phi) is 5.98. The monoisotopic (exact) mass is 410 g/mol. The summed E-state index contributed by atoms with van der Waals surface area (Å²) < 4.78 is 1.32. The van der Waals surface area contributed by atoms with E-state index in [-0.39, 0.29) is 18.0 Å². The van der Waals surface area contributed by atoms with E-state index in [1.807, 2.05) is 67.6 Å². The minimum atomic E-state index is -0.278. The molecule has 0 saturated carbocycles. The second kappa shape index (κ2) is 9.17. The minimum Gasteiger partial charge on any atom is -0.291 e. The molecule has 0 spiro atoms. The van der Waals surface area contributed by atoms with E-state index in [9.17, 15) is 9.59 Å². The van der Waals surface area contributed by atoms with E-state index in [4.69, 9.17) is 0 Å². The Labute approximate surface area is 180 Å². The molecule has 0 atom stereocenters. The van der Waals surface area contributed by atoms with Crippen molar-refractivity contribution in [2.75, 3.05) is 4.90 Å². The van der Waals surface area contributed by atoms with Gasteiger partial charge in [-0.05, 0) is 24.6 Å². The SMILES string of the molecule is Cc1ccc(-c2cc(=O)n(CC(=O)N(Cc3ccccc3)c3ccccn3)cn2)cc1. The zero-order chi connectivity index (χ0) is 21.6. The number of aromatic nitrogens is 3. The molecule has 4 aromatic rings. The molecule has 0 aliphatic carbocycles. The molecule has 4 rings (SSSR count). The zero-order valence-corrected chi connectivity index (χ0v) is 17.2. The Bertz CT molecular complexity index is 1220. The number of hydrogen-bond acceptors (Lipinski definition) is 4. The van der Waals surface area contributed by atoms with E-state index in [0.29, 0.717) is 18.1 Å². The Balaban J connectivity index is 1.58. The fourth-order valence-corrected chi connectivity index (χ4v) is 3.23. The molecule has 2 aromatic heterocycles. The molecule has 0 fully saturated rings. The number of anilines is 1. The lowest BCUT2D eigenvalue weighted by Gasteiger charge is -2.22. The maximum atomic E-state index is 13.2. The first-order valence-electron chi connectivity index (χ1n) is 9.99. The largest absolute Gasteiger partial charge is 0.291 e. The molecule has 0 aliphatic rings. The molecule has 0 aliphatic heterocycles. The lowest BCUT2D eigenvalue weighted by Crippen LogP contribution is -2.36. The third-order valence-electron chi connectivity index (χ3n) is 4.94. The van der Waals surface area contributed by atoms with Crippen LogP contribution in [0.15, 0.2) is 96.2 Å². The molecule has 0 N–H and O–H groups in total. The maximum absolute atomic E-state index is 13.2. The van der Waals surface area contributed by atoms with Crippen LogP contribution >= 0.6 is 0 Å². The van der Waals surface area contributed by atoms with Crippen molar-refractivity contribution in [1.82, 2.24) is 14.5 Å². The van der Waals surface area contributed by atoms with Crippen LogP contribution < -0.4 is 10.5 Å². The summed E-state index contributed by atoms with van der Waals surface area (Å²) in [5, 5.41) is 0. The predicted molar refractivity (Wildman–Crippen MR) is 121 cm³/mol. The zero-order valence-electron chi connectivity index (χ0n) is 17.2. The molecular formula is C25H22N4O2. The Morgan fingerprint density at radius 2 is 1.68 bits per heavy atom. The Morgan fingerprint density at radius 3 is 2.35 bits per heavy atom. The molecule has 0 unspecified atom stereocenters. The molecule has 2 aromatic carbocycles. The Morgan fingerprint density at radius 1 is 0.935 bits per heavy atom. The summed E-state index contributed by atoms with van der Waals surface area (Å²) in [6.07, 6.45) is 3.07. The van der Waals surface area contributed by atoms with Gasteiger partial charge in [-0.2, -0.15) is 0 Å². The van der Waals surface area contributed by atoms with Gasteiger partial charge < -0.3 is 0 Å². The van der Waals surface area contributed by atoms with Gasteiger partial charge in [0.15, 0.2) is 0 Å².